The predicted octanol–water partition coefficient (Wildman–Crippen LogP) is 2.28. The van der Waals surface area contributed by atoms with Crippen LogP contribution in [0.3, 0.4) is 0 Å². The number of H-pyrrole nitrogens is 1. The van der Waals surface area contributed by atoms with Crippen molar-refractivity contribution in [2.45, 2.75) is 6.92 Å². The van der Waals surface area contributed by atoms with Gasteiger partial charge >= 0.3 is 0 Å². The zero-order chi connectivity index (χ0) is 14.0. The van der Waals surface area contributed by atoms with Crippen LogP contribution in [-0.2, 0) is 0 Å². The van der Waals surface area contributed by atoms with Crippen LogP contribution in [0.5, 0.6) is 0 Å². The number of aromatic amines is 1. The topological polar surface area (TPSA) is 88.0 Å². The summed E-state index contributed by atoms with van der Waals surface area (Å²) in [5, 5.41) is 2.65. The molecule has 6 heteroatoms. The molecule has 1 amide bonds. The van der Waals surface area contributed by atoms with Crippen LogP contribution in [0.4, 0.5) is 11.4 Å². The molecule has 1 heterocycles. The molecular formula is C13H12BrN3O2. The van der Waals surface area contributed by atoms with E-state index >= 15 is 0 Å². The molecule has 0 fully saturated rings. The molecule has 2 aromatic rings. The number of hydrogen-bond donors (Lipinski definition) is 3. The number of nitrogens with two attached hydrogens (primary N) is 1. The van der Waals surface area contributed by atoms with Crippen molar-refractivity contribution in [2.75, 3.05) is 11.1 Å². The van der Waals surface area contributed by atoms with Gasteiger partial charge in [0.2, 0.25) is 0 Å². The molecule has 5 nitrogen and oxygen atoms in total. The molecule has 0 aliphatic rings. The molecule has 0 radical (unpaired) electrons. The van der Waals surface area contributed by atoms with Gasteiger partial charge in [0.1, 0.15) is 5.56 Å². The number of nitrogen functional groups attached to an aromatic ring is 1. The van der Waals surface area contributed by atoms with Crippen LogP contribution in [0, 0.1) is 6.92 Å². The van der Waals surface area contributed by atoms with E-state index in [2.05, 4.69) is 26.2 Å². The Balaban J connectivity index is 2.32. The molecule has 0 unspecified atom stereocenters. The van der Waals surface area contributed by atoms with Crippen LogP contribution >= 0.6 is 15.9 Å². The van der Waals surface area contributed by atoms with Crippen molar-refractivity contribution in [1.29, 1.82) is 0 Å². The molecule has 98 valence electrons. The summed E-state index contributed by atoms with van der Waals surface area (Å²) in [7, 11) is 0. The number of amides is 1. The van der Waals surface area contributed by atoms with Crippen molar-refractivity contribution in [2.24, 2.45) is 0 Å². The van der Waals surface area contributed by atoms with Crippen molar-refractivity contribution in [3.05, 3.63) is 56.4 Å². The summed E-state index contributed by atoms with van der Waals surface area (Å²) in [5.41, 5.74) is 7.50. The fourth-order valence-electron chi connectivity index (χ4n) is 1.57. The van der Waals surface area contributed by atoms with Gasteiger partial charge in [0.15, 0.2) is 5.43 Å². The third kappa shape index (κ3) is 2.85. The van der Waals surface area contributed by atoms with Gasteiger partial charge in [0.05, 0.1) is 5.69 Å². The summed E-state index contributed by atoms with van der Waals surface area (Å²) in [6, 6.07) is 4.75. The molecule has 4 N–H and O–H groups in total. The highest BCUT2D eigenvalue weighted by atomic mass is 79.9. The van der Waals surface area contributed by atoms with Gasteiger partial charge in [-0.3, -0.25) is 9.59 Å². The number of anilines is 2. The minimum atomic E-state index is -0.481. The number of carbonyl (C=O) groups excluding carboxylic acids is 1. The molecule has 0 atom stereocenters. The monoisotopic (exact) mass is 321 g/mol. The molecule has 1 aromatic heterocycles. The quantitative estimate of drug-likeness (QED) is 0.741. The molecule has 0 aliphatic carbocycles. The van der Waals surface area contributed by atoms with E-state index in [1.807, 2.05) is 6.92 Å². The van der Waals surface area contributed by atoms with Crippen LogP contribution in [0.25, 0.3) is 0 Å². The normalized spacial score (nSPS) is 10.2. The van der Waals surface area contributed by atoms with Crippen molar-refractivity contribution in [3.8, 4) is 0 Å². The van der Waals surface area contributed by atoms with Gasteiger partial charge < -0.3 is 16.0 Å². The van der Waals surface area contributed by atoms with Gasteiger partial charge in [-0.25, -0.2) is 0 Å². The van der Waals surface area contributed by atoms with Crippen molar-refractivity contribution >= 4 is 33.2 Å². The number of halogens is 1. The first kappa shape index (κ1) is 13.4. The van der Waals surface area contributed by atoms with Gasteiger partial charge in [-0.2, -0.15) is 0 Å². The maximum Gasteiger partial charge on any atom is 0.261 e. The smallest absolute Gasteiger partial charge is 0.261 e. The molecule has 0 aliphatic heterocycles. The van der Waals surface area contributed by atoms with Crippen LogP contribution in [0.1, 0.15) is 15.9 Å². The molecule has 0 saturated carbocycles. The number of pyridine rings is 1. The predicted molar refractivity (Wildman–Crippen MR) is 78.3 cm³/mol. The van der Waals surface area contributed by atoms with Crippen LogP contribution in [-0.4, -0.2) is 10.9 Å². The lowest BCUT2D eigenvalue weighted by molar-refractivity contribution is 0.102. The number of aryl methyl sites for hydroxylation is 1. The molecule has 0 bridgehead atoms. The Kier molecular flexibility index (Phi) is 3.71. The highest BCUT2D eigenvalue weighted by Gasteiger charge is 2.12. The van der Waals surface area contributed by atoms with E-state index in [1.165, 1.54) is 18.5 Å². The Morgan fingerprint density at radius 3 is 2.84 bits per heavy atom. The highest BCUT2D eigenvalue weighted by molar-refractivity contribution is 9.10. The average molecular weight is 322 g/mol. The second-order valence-corrected chi connectivity index (χ2v) is 4.92. The van der Waals surface area contributed by atoms with Gasteiger partial charge in [-0.15, -0.1) is 0 Å². The summed E-state index contributed by atoms with van der Waals surface area (Å²) >= 11 is 3.34. The Labute approximate surface area is 118 Å². The van der Waals surface area contributed by atoms with E-state index in [4.69, 9.17) is 5.73 Å². The largest absolute Gasteiger partial charge is 0.398 e. The fourth-order valence-corrected chi connectivity index (χ4v) is 2.13. The number of rotatable bonds is 2. The summed E-state index contributed by atoms with van der Waals surface area (Å²) in [4.78, 5) is 26.2. The van der Waals surface area contributed by atoms with Gasteiger partial charge in [0, 0.05) is 28.6 Å². The molecule has 19 heavy (non-hydrogen) atoms. The standard InChI is InChI=1S/C13H12BrN3O2/c1-7-4-9(14)11(5-10(7)15)17-13(19)8-6-16-3-2-12(8)18/h2-6H,15H2,1H3,(H,16,18)(H,17,19). The number of carbonyl (C=O) groups is 1. The Morgan fingerprint density at radius 1 is 1.42 bits per heavy atom. The molecule has 0 spiro atoms. The number of benzene rings is 1. The van der Waals surface area contributed by atoms with Gasteiger partial charge in [-0.1, -0.05) is 0 Å². The van der Waals surface area contributed by atoms with E-state index in [9.17, 15) is 9.59 Å². The molecular weight excluding hydrogens is 310 g/mol. The number of nitrogens with one attached hydrogen (secondary N) is 2. The Morgan fingerprint density at radius 2 is 2.16 bits per heavy atom. The first-order valence-corrected chi connectivity index (χ1v) is 6.32. The number of hydrogen-bond acceptors (Lipinski definition) is 3. The summed E-state index contributed by atoms with van der Waals surface area (Å²) in [5.74, 6) is -0.481. The van der Waals surface area contributed by atoms with Crippen LogP contribution in [0.2, 0.25) is 0 Å². The van der Waals surface area contributed by atoms with E-state index in [0.717, 1.165) is 5.56 Å². The minimum absolute atomic E-state index is 0.0496. The second kappa shape index (κ2) is 5.27. The highest BCUT2D eigenvalue weighted by Crippen LogP contribution is 2.27. The van der Waals surface area contributed by atoms with Gasteiger partial charge in [0.25, 0.3) is 5.91 Å². The fraction of sp³-hybridized carbons (Fsp3) is 0.0769. The van der Waals surface area contributed by atoms with E-state index in [0.29, 0.717) is 15.8 Å². The molecule has 1 aromatic carbocycles. The average Bonchev–Trinajstić information content (AvgIpc) is 2.36. The third-order valence-electron chi connectivity index (χ3n) is 2.67. The maximum absolute atomic E-state index is 12.0. The lowest BCUT2D eigenvalue weighted by Gasteiger charge is -2.09. The van der Waals surface area contributed by atoms with E-state index in [-0.39, 0.29) is 11.0 Å². The van der Waals surface area contributed by atoms with E-state index in [1.54, 1.807) is 12.1 Å². The zero-order valence-electron chi connectivity index (χ0n) is 10.2. The van der Waals surface area contributed by atoms with Gasteiger partial charge in [-0.05, 0) is 40.5 Å². The number of aromatic nitrogens is 1. The van der Waals surface area contributed by atoms with Crippen molar-refractivity contribution in [1.82, 2.24) is 4.98 Å². The Bertz CT molecular complexity index is 695. The summed E-state index contributed by atoms with van der Waals surface area (Å²) < 4.78 is 0.708. The van der Waals surface area contributed by atoms with E-state index < -0.39 is 5.91 Å². The van der Waals surface area contributed by atoms with Crippen LogP contribution < -0.4 is 16.5 Å². The zero-order valence-corrected chi connectivity index (χ0v) is 11.7. The third-order valence-corrected chi connectivity index (χ3v) is 3.33. The molecule has 0 saturated heterocycles. The maximum atomic E-state index is 12.0. The van der Waals surface area contributed by atoms with Crippen molar-refractivity contribution < 1.29 is 4.79 Å². The minimum Gasteiger partial charge on any atom is -0.398 e. The van der Waals surface area contributed by atoms with Crippen molar-refractivity contribution in [3.63, 3.8) is 0 Å². The Hall–Kier alpha value is -2.08. The lowest BCUT2D eigenvalue weighted by atomic mass is 10.2. The summed E-state index contributed by atoms with van der Waals surface area (Å²) in [6.45, 7) is 1.87. The lowest BCUT2D eigenvalue weighted by Crippen LogP contribution is -2.21. The van der Waals surface area contributed by atoms with Crippen LogP contribution in [0.15, 0.2) is 39.9 Å². The first-order valence-electron chi connectivity index (χ1n) is 5.53. The molecule has 2 rings (SSSR count). The SMILES string of the molecule is Cc1cc(Br)c(NC(=O)c2c[nH]ccc2=O)cc1N. The second-order valence-electron chi connectivity index (χ2n) is 4.07. The summed E-state index contributed by atoms with van der Waals surface area (Å²) in [6.07, 6.45) is 2.84. The first-order chi connectivity index (χ1) is 8.99.